The highest BCUT2D eigenvalue weighted by atomic mass is 16.5. The van der Waals surface area contributed by atoms with E-state index in [1.165, 1.54) is 7.11 Å². The van der Waals surface area contributed by atoms with Gasteiger partial charge in [0.05, 0.1) is 31.7 Å². The monoisotopic (exact) mass is 345 g/mol. The summed E-state index contributed by atoms with van der Waals surface area (Å²) in [7, 11) is 3.06. The van der Waals surface area contributed by atoms with Crippen molar-refractivity contribution < 1.29 is 23.6 Å². The molecule has 2 aromatic rings. The van der Waals surface area contributed by atoms with E-state index in [9.17, 15) is 9.59 Å². The van der Waals surface area contributed by atoms with Gasteiger partial charge >= 0.3 is 0 Å². The summed E-state index contributed by atoms with van der Waals surface area (Å²) in [4.78, 5) is 24.5. The summed E-state index contributed by atoms with van der Waals surface area (Å²) in [6.45, 7) is 1.73. The largest absolute Gasteiger partial charge is 0.497 e. The highest BCUT2D eigenvalue weighted by Crippen LogP contribution is 2.41. The molecular weight excluding hydrogens is 326 g/mol. The number of methoxy groups -OCH3 is 2. The van der Waals surface area contributed by atoms with E-state index in [0.29, 0.717) is 35.2 Å². The van der Waals surface area contributed by atoms with E-state index in [1.807, 2.05) is 0 Å². The molecule has 0 spiro atoms. The molecule has 8 nitrogen and oxygen atoms in total. The molecule has 25 heavy (non-hydrogen) atoms. The number of ether oxygens (including phenoxy) is 2. The Hall–Kier alpha value is -3.03. The van der Waals surface area contributed by atoms with Crippen molar-refractivity contribution in [3.05, 3.63) is 30.0 Å². The Kier molecular flexibility index (Phi) is 4.60. The molecule has 0 saturated heterocycles. The minimum Gasteiger partial charge on any atom is -0.497 e. The number of aromatic nitrogens is 1. The quantitative estimate of drug-likeness (QED) is 0.832. The van der Waals surface area contributed by atoms with Crippen LogP contribution in [-0.2, 0) is 9.59 Å². The number of amides is 2. The molecule has 1 heterocycles. The molecule has 8 heteroatoms. The number of carbonyl (C=O) groups excluding carboxylic acids is 2. The van der Waals surface area contributed by atoms with Crippen molar-refractivity contribution in [2.24, 2.45) is 11.8 Å². The van der Waals surface area contributed by atoms with Crippen LogP contribution in [-0.4, -0.2) is 31.2 Å². The molecule has 0 aliphatic heterocycles. The lowest BCUT2D eigenvalue weighted by atomic mass is 10.2. The van der Waals surface area contributed by atoms with E-state index in [-0.39, 0.29) is 23.7 Å². The number of nitrogens with zero attached hydrogens (tertiary/aromatic N) is 1. The molecule has 1 saturated carbocycles. The molecule has 1 aromatic carbocycles. The van der Waals surface area contributed by atoms with Crippen LogP contribution in [0.15, 0.2) is 28.8 Å². The number of nitrogens with one attached hydrogen (secondary N) is 2. The van der Waals surface area contributed by atoms with Gasteiger partial charge < -0.3 is 24.6 Å². The van der Waals surface area contributed by atoms with Gasteiger partial charge in [0, 0.05) is 12.1 Å². The molecule has 1 fully saturated rings. The third kappa shape index (κ3) is 3.73. The Bertz CT molecular complexity index is 801. The number of carbonyl (C=O) groups is 2. The summed E-state index contributed by atoms with van der Waals surface area (Å²) in [5.74, 6) is 0.830. The van der Waals surface area contributed by atoms with Crippen LogP contribution in [0.5, 0.6) is 11.5 Å². The lowest BCUT2D eigenvalue weighted by Crippen LogP contribution is -2.21. The summed E-state index contributed by atoms with van der Waals surface area (Å²) in [6.07, 6.45) is 0.487. The van der Waals surface area contributed by atoms with E-state index in [2.05, 4.69) is 15.8 Å². The van der Waals surface area contributed by atoms with Crippen molar-refractivity contribution in [2.45, 2.75) is 13.3 Å². The second-order valence-electron chi connectivity index (χ2n) is 5.82. The van der Waals surface area contributed by atoms with Gasteiger partial charge in [-0.3, -0.25) is 9.59 Å². The fraction of sp³-hybridized carbons (Fsp3) is 0.353. The van der Waals surface area contributed by atoms with E-state index < -0.39 is 0 Å². The Morgan fingerprint density at radius 1 is 1.12 bits per heavy atom. The summed E-state index contributed by atoms with van der Waals surface area (Å²) in [5, 5.41) is 9.15. The molecule has 2 amide bonds. The number of hydrogen-bond donors (Lipinski definition) is 2. The average Bonchev–Trinajstić information content (AvgIpc) is 3.31. The summed E-state index contributed by atoms with van der Waals surface area (Å²) >= 11 is 0. The van der Waals surface area contributed by atoms with E-state index in [0.717, 1.165) is 0 Å². The lowest BCUT2D eigenvalue weighted by Gasteiger charge is -2.11. The zero-order chi connectivity index (χ0) is 18.0. The molecule has 0 bridgehead atoms. The van der Waals surface area contributed by atoms with Crippen molar-refractivity contribution >= 4 is 23.3 Å². The third-order valence-corrected chi connectivity index (χ3v) is 4.01. The average molecular weight is 345 g/mol. The van der Waals surface area contributed by atoms with Crippen molar-refractivity contribution in [3.63, 3.8) is 0 Å². The van der Waals surface area contributed by atoms with Crippen molar-refractivity contribution in [1.29, 1.82) is 0 Å². The van der Waals surface area contributed by atoms with Crippen LogP contribution < -0.4 is 20.1 Å². The summed E-state index contributed by atoms with van der Waals surface area (Å²) in [6, 6.07) is 6.74. The van der Waals surface area contributed by atoms with Gasteiger partial charge in [-0.1, -0.05) is 5.16 Å². The smallest absolute Gasteiger partial charge is 0.229 e. The standard InChI is InChI=1S/C17H19N3O5/c1-9-6-15(20-25-9)19-17(22)12-8-11(12)16(21)18-13-7-10(23-2)4-5-14(13)24-3/h4-7,11-12H,8H2,1-3H3,(H,18,21)(H,19,20,22). The Balaban J connectivity index is 1.61. The molecule has 0 radical (unpaired) electrons. The normalized spacial score (nSPS) is 18.4. The first-order chi connectivity index (χ1) is 12.0. The van der Waals surface area contributed by atoms with E-state index in [4.69, 9.17) is 14.0 Å². The van der Waals surface area contributed by atoms with Gasteiger partial charge in [0.2, 0.25) is 11.8 Å². The van der Waals surface area contributed by atoms with E-state index >= 15 is 0 Å². The fourth-order valence-electron chi connectivity index (χ4n) is 2.56. The number of anilines is 2. The zero-order valence-corrected chi connectivity index (χ0v) is 14.2. The molecule has 2 atom stereocenters. The lowest BCUT2D eigenvalue weighted by molar-refractivity contribution is -0.122. The molecular formula is C17H19N3O5. The van der Waals surface area contributed by atoms with Crippen LogP contribution in [0.4, 0.5) is 11.5 Å². The molecule has 1 aliphatic carbocycles. The molecule has 1 aliphatic rings. The molecule has 2 unspecified atom stereocenters. The van der Waals surface area contributed by atoms with Gasteiger partial charge in [-0.2, -0.15) is 0 Å². The Morgan fingerprint density at radius 3 is 2.44 bits per heavy atom. The summed E-state index contributed by atoms with van der Waals surface area (Å²) in [5.41, 5.74) is 0.505. The topological polar surface area (TPSA) is 103 Å². The number of rotatable bonds is 6. The first kappa shape index (κ1) is 16.8. The maximum absolute atomic E-state index is 12.4. The number of hydrogen-bond acceptors (Lipinski definition) is 6. The van der Waals surface area contributed by atoms with Gasteiger partial charge in [-0.25, -0.2) is 0 Å². The van der Waals surface area contributed by atoms with Gasteiger partial charge in [-0.05, 0) is 25.5 Å². The molecule has 132 valence electrons. The van der Waals surface area contributed by atoms with Crippen LogP contribution >= 0.6 is 0 Å². The number of aryl methyl sites for hydroxylation is 1. The van der Waals surface area contributed by atoms with Crippen LogP contribution in [0, 0.1) is 18.8 Å². The van der Waals surface area contributed by atoms with Crippen molar-refractivity contribution in [3.8, 4) is 11.5 Å². The van der Waals surface area contributed by atoms with Crippen LogP contribution in [0.2, 0.25) is 0 Å². The number of benzene rings is 1. The van der Waals surface area contributed by atoms with Gasteiger partial charge in [-0.15, -0.1) is 0 Å². The van der Waals surface area contributed by atoms with E-state index in [1.54, 1.807) is 38.3 Å². The molecule has 2 N–H and O–H groups in total. The highest BCUT2D eigenvalue weighted by molar-refractivity contribution is 6.03. The Labute approximate surface area is 144 Å². The molecule has 1 aromatic heterocycles. The Morgan fingerprint density at radius 2 is 1.84 bits per heavy atom. The fourth-order valence-corrected chi connectivity index (χ4v) is 2.56. The van der Waals surface area contributed by atoms with Gasteiger partial charge in [0.15, 0.2) is 5.82 Å². The van der Waals surface area contributed by atoms with Crippen LogP contribution in [0.1, 0.15) is 12.2 Å². The first-order valence-corrected chi connectivity index (χ1v) is 7.79. The van der Waals surface area contributed by atoms with Crippen LogP contribution in [0.3, 0.4) is 0 Å². The van der Waals surface area contributed by atoms with Crippen molar-refractivity contribution in [1.82, 2.24) is 5.16 Å². The van der Waals surface area contributed by atoms with Crippen LogP contribution in [0.25, 0.3) is 0 Å². The summed E-state index contributed by atoms with van der Waals surface area (Å²) < 4.78 is 15.3. The predicted octanol–water partition coefficient (Wildman–Crippen LogP) is 2.21. The molecule has 3 rings (SSSR count). The minimum atomic E-state index is -0.385. The second-order valence-corrected chi connectivity index (χ2v) is 5.82. The second kappa shape index (κ2) is 6.84. The maximum Gasteiger partial charge on any atom is 0.229 e. The third-order valence-electron chi connectivity index (χ3n) is 4.01. The SMILES string of the molecule is COc1ccc(OC)c(NC(=O)C2CC2C(=O)Nc2cc(C)on2)c1. The highest BCUT2D eigenvalue weighted by Gasteiger charge is 2.48. The van der Waals surface area contributed by atoms with Gasteiger partial charge in [0.25, 0.3) is 0 Å². The first-order valence-electron chi connectivity index (χ1n) is 7.79. The zero-order valence-electron chi connectivity index (χ0n) is 14.2. The van der Waals surface area contributed by atoms with Crippen molar-refractivity contribution in [2.75, 3.05) is 24.9 Å². The maximum atomic E-state index is 12.4. The predicted molar refractivity (Wildman–Crippen MR) is 89.6 cm³/mol. The minimum absolute atomic E-state index is 0.233. The van der Waals surface area contributed by atoms with Gasteiger partial charge in [0.1, 0.15) is 17.3 Å².